The highest BCUT2D eigenvalue weighted by Gasteiger charge is 2.06. The van der Waals surface area contributed by atoms with Crippen molar-refractivity contribution >= 4 is 29.6 Å². The van der Waals surface area contributed by atoms with E-state index in [1.54, 1.807) is 29.9 Å². The molecule has 0 atom stereocenters. The maximum Gasteiger partial charge on any atom is 0.274 e. The molecule has 0 saturated heterocycles. The molecule has 0 unspecified atom stereocenters. The van der Waals surface area contributed by atoms with Crippen molar-refractivity contribution in [1.82, 2.24) is 5.48 Å². The molecule has 0 radical (unpaired) electrons. The molecule has 5 heteroatoms. The summed E-state index contributed by atoms with van der Waals surface area (Å²) < 4.78 is 0. The van der Waals surface area contributed by atoms with Crippen molar-refractivity contribution in [2.75, 3.05) is 5.32 Å². The van der Waals surface area contributed by atoms with Crippen molar-refractivity contribution in [2.45, 2.75) is 13.5 Å². The third kappa shape index (κ3) is 4.05. The Kier molecular flexibility index (Phi) is 5.66. The number of carbonyl (C=O) groups is 1. The van der Waals surface area contributed by atoms with Crippen LogP contribution in [0.1, 0.15) is 28.4 Å². The number of hydroxylamine groups is 1. The van der Waals surface area contributed by atoms with Crippen LogP contribution in [0.3, 0.4) is 0 Å². The highest BCUT2D eigenvalue weighted by Crippen LogP contribution is 2.30. The summed E-state index contributed by atoms with van der Waals surface area (Å²) in [7, 11) is 0. The first-order chi connectivity index (χ1) is 11.2. The molecule has 0 fully saturated rings. The summed E-state index contributed by atoms with van der Waals surface area (Å²) in [5, 5.41) is 11.9. The first-order valence-electron chi connectivity index (χ1n) is 7.21. The Balaban J connectivity index is 2.15. The predicted molar refractivity (Wildman–Crippen MR) is 93.4 cm³/mol. The zero-order valence-corrected chi connectivity index (χ0v) is 12.9. The minimum Gasteiger partial charge on any atom is -0.379 e. The normalized spacial score (nSPS) is 10.5. The predicted octanol–water partition coefficient (Wildman–Crippen LogP) is 3.78. The van der Waals surface area contributed by atoms with Gasteiger partial charge in [0.05, 0.1) is 11.4 Å². The van der Waals surface area contributed by atoms with Crippen molar-refractivity contribution < 1.29 is 10.0 Å². The number of nitrogens with one attached hydrogen (secondary N) is 2. The van der Waals surface area contributed by atoms with Gasteiger partial charge in [0.25, 0.3) is 5.91 Å². The summed E-state index contributed by atoms with van der Waals surface area (Å²) >= 11 is 0. The highest BCUT2D eigenvalue weighted by molar-refractivity contribution is 5.93. The number of para-hydroxylation sites is 1. The molecule has 0 saturated carbocycles. The SMILES string of the molecule is C=Cc1cccc(NCc2ccc(C(=O)NO)cc2)c1N=CC. The van der Waals surface area contributed by atoms with E-state index >= 15 is 0 Å². The number of hydrogen-bond acceptors (Lipinski definition) is 4. The first kappa shape index (κ1) is 16.5. The molecule has 2 aromatic rings. The Morgan fingerprint density at radius 3 is 2.61 bits per heavy atom. The molecule has 0 aromatic heterocycles. The van der Waals surface area contributed by atoms with E-state index in [1.807, 2.05) is 37.3 Å². The van der Waals surface area contributed by atoms with Gasteiger partial charge in [-0.3, -0.25) is 15.0 Å². The van der Waals surface area contributed by atoms with Crippen LogP contribution in [0.5, 0.6) is 0 Å². The molecule has 0 bridgehead atoms. The van der Waals surface area contributed by atoms with Gasteiger partial charge in [-0.1, -0.05) is 36.9 Å². The van der Waals surface area contributed by atoms with Crippen molar-refractivity contribution in [1.29, 1.82) is 0 Å². The van der Waals surface area contributed by atoms with Gasteiger partial charge in [0.15, 0.2) is 0 Å². The number of benzene rings is 2. The number of amides is 1. The summed E-state index contributed by atoms with van der Waals surface area (Å²) in [6.45, 7) is 6.27. The van der Waals surface area contributed by atoms with Gasteiger partial charge >= 0.3 is 0 Å². The van der Waals surface area contributed by atoms with Crippen LogP contribution >= 0.6 is 0 Å². The smallest absolute Gasteiger partial charge is 0.274 e. The van der Waals surface area contributed by atoms with Crippen molar-refractivity contribution in [2.24, 2.45) is 4.99 Å². The van der Waals surface area contributed by atoms with Crippen LogP contribution < -0.4 is 10.8 Å². The van der Waals surface area contributed by atoms with E-state index in [0.29, 0.717) is 12.1 Å². The molecule has 1 amide bonds. The Morgan fingerprint density at radius 2 is 2.00 bits per heavy atom. The fraction of sp³-hybridized carbons (Fsp3) is 0.111. The van der Waals surface area contributed by atoms with Gasteiger partial charge in [-0.25, -0.2) is 5.48 Å². The van der Waals surface area contributed by atoms with Gasteiger partial charge in [-0.05, 0) is 30.7 Å². The van der Waals surface area contributed by atoms with Crippen LogP contribution in [-0.4, -0.2) is 17.3 Å². The third-order valence-corrected chi connectivity index (χ3v) is 3.35. The lowest BCUT2D eigenvalue weighted by Gasteiger charge is -2.12. The maximum atomic E-state index is 11.3. The average Bonchev–Trinajstić information content (AvgIpc) is 2.60. The van der Waals surface area contributed by atoms with Gasteiger partial charge in [0.1, 0.15) is 0 Å². The highest BCUT2D eigenvalue weighted by atomic mass is 16.5. The molecular formula is C18H19N3O2. The standard InChI is InChI=1S/C18H19N3O2/c1-3-14-6-5-7-16(17(14)19-4-2)20-12-13-8-10-15(11-9-13)18(22)21-23/h3-11,20,23H,1,12H2,2H3,(H,21,22). The molecule has 3 N–H and O–H groups in total. The first-order valence-corrected chi connectivity index (χ1v) is 7.21. The fourth-order valence-corrected chi connectivity index (χ4v) is 2.18. The zero-order valence-electron chi connectivity index (χ0n) is 12.9. The second kappa shape index (κ2) is 7.91. The zero-order chi connectivity index (χ0) is 16.7. The van der Waals surface area contributed by atoms with E-state index in [0.717, 1.165) is 22.5 Å². The van der Waals surface area contributed by atoms with Crippen molar-refractivity contribution in [3.05, 3.63) is 65.7 Å². The van der Waals surface area contributed by atoms with Crippen molar-refractivity contribution in [3.8, 4) is 0 Å². The second-order valence-electron chi connectivity index (χ2n) is 4.83. The number of hydrogen-bond donors (Lipinski definition) is 3. The monoisotopic (exact) mass is 309 g/mol. The molecule has 2 aromatic carbocycles. The molecule has 118 valence electrons. The minimum atomic E-state index is -0.525. The van der Waals surface area contributed by atoms with Gasteiger partial charge in [0, 0.05) is 23.9 Å². The van der Waals surface area contributed by atoms with E-state index in [4.69, 9.17) is 5.21 Å². The van der Waals surface area contributed by atoms with Crippen LogP contribution in [0, 0.1) is 0 Å². The molecule has 23 heavy (non-hydrogen) atoms. The van der Waals surface area contributed by atoms with Crippen LogP contribution in [-0.2, 0) is 6.54 Å². The number of aliphatic imine (C=N–C) groups is 1. The second-order valence-corrected chi connectivity index (χ2v) is 4.83. The molecule has 0 aliphatic carbocycles. The minimum absolute atomic E-state index is 0.404. The Labute approximate surface area is 135 Å². The molecule has 5 nitrogen and oxygen atoms in total. The van der Waals surface area contributed by atoms with Crippen LogP contribution in [0.15, 0.2) is 54.0 Å². The Morgan fingerprint density at radius 1 is 1.26 bits per heavy atom. The summed E-state index contributed by atoms with van der Waals surface area (Å²) in [6.07, 6.45) is 3.52. The average molecular weight is 309 g/mol. The largest absolute Gasteiger partial charge is 0.379 e. The Bertz CT molecular complexity index is 722. The number of nitrogens with zero attached hydrogens (tertiary/aromatic N) is 1. The summed E-state index contributed by atoms with van der Waals surface area (Å²) in [5.41, 5.74) is 5.75. The molecule has 0 aliphatic heterocycles. The molecule has 0 aliphatic rings. The molecule has 0 spiro atoms. The molecular weight excluding hydrogens is 290 g/mol. The van der Waals surface area contributed by atoms with Gasteiger partial charge in [-0.15, -0.1) is 0 Å². The maximum absolute atomic E-state index is 11.3. The quantitative estimate of drug-likeness (QED) is 0.432. The van der Waals surface area contributed by atoms with Gasteiger partial charge in [-0.2, -0.15) is 0 Å². The topological polar surface area (TPSA) is 73.7 Å². The molecule has 2 rings (SSSR count). The lowest BCUT2D eigenvalue weighted by Crippen LogP contribution is -2.18. The van der Waals surface area contributed by atoms with E-state index in [1.165, 1.54) is 0 Å². The number of rotatable bonds is 6. The van der Waals surface area contributed by atoms with Crippen molar-refractivity contribution in [3.63, 3.8) is 0 Å². The molecule has 0 heterocycles. The third-order valence-electron chi connectivity index (χ3n) is 3.35. The van der Waals surface area contributed by atoms with E-state index in [2.05, 4.69) is 16.9 Å². The van der Waals surface area contributed by atoms with E-state index in [9.17, 15) is 4.79 Å². The summed E-state index contributed by atoms with van der Waals surface area (Å²) in [5.74, 6) is -0.525. The lowest BCUT2D eigenvalue weighted by atomic mass is 10.1. The van der Waals surface area contributed by atoms with Crippen LogP contribution in [0.2, 0.25) is 0 Å². The van der Waals surface area contributed by atoms with E-state index < -0.39 is 5.91 Å². The van der Waals surface area contributed by atoms with Gasteiger partial charge in [0.2, 0.25) is 0 Å². The van der Waals surface area contributed by atoms with Gasteiger partial charge < -0.3 is 5.32 Å². The van der Waals surface area contributed by atoms with E-state index in [-0.39, 0.29) is 0 Å². The van der Waals surface area contributed by atoms with Crippen LogP contribution in [0.4, 0.5) is 11.4 Å². The van der Waals surface area contributed by atoms with Crippen LogP contribution in [0.25, 0.3) is 6.08 Å². The number of carbonyl (C=O) groups excluding carboxylic acids is 1. The Hall–Kier alpha value is -2.92. The lowest BCUT2D eigenvalue weighted by molar-refractivity contribution is 0.0706. The fourth-order valence-electron chi connectivity index (χ4n) is 2.18. The summed E-state index contributed by atoms with van der Waals surface area (Å²) in [4.78, 5) is 15.7. The summed E-state index contributed by atoms with van der Waals surface area (Å²) in [6, 6.07) is 12.9. The number of anilines is 1.